The van der Waals surface area contributed by atoms with E-state index in [9.17, 15) is 15.0 Å². The number of allylic oxidation sites excluding steroid dienone is 5. The van der Waals surface area contributed by atoms with Crippen LogP contribution in [0.4, 0.5) is 0 Å². The number of carbonyl (C=O) groups excluding carboxylic acids is 1. The standard InChI is InChI=1S/C40H75NO3/c1-3-5-7-9-11-13-15-17-19-20-22-23-25-27-29-31-33-35-39(43)38(37-42)41-40(44)36-34-32-30-28-26-24-21-18-16-14-12-10-8-6-4-2/h12,14,16,18,33,35,38-39,42-43H,3-11,13,15,17,19-32,34,36-37H2,1-2H3,(H,41,44)/b14-12-,18-16-,35-33+. The summed E-state index contributed by atoms with van der Waals surface area (Å²) in [6, 6.07) is -0.626. The lowest BCUT2D eigenvalue weighted by Crippen LogP contribution is -2.45. The first-order valence-corrected chi connectivity index (χ1v) is 19.2. The highest BCUT2D eigenvalue weighted by molar-refractivity contribution is 5.76. The van der Waals surface area contributed by atoms with Gasteiger partial charge in [0.25, 0.3) is 0 Å². The first-order chi connectivity index (χ1) is 21.7. The SMILES string of the molecule is CCCCC/C=C\C=C/CCCCCCCCC(=O)NC(CO)C(O)/C=C/CCCCCCCCCCCCCCCCC. The summed E-state index contributed by atoms with van der Waals surface area (Å²) in [4.78, 5) is 12.3. The third-order valence-corrected chi connectivity index (χ3v) is 8.65. The van der Waals surface area contributed by atoms with Crippen LogP contribution in [-0.4, -0.2) is 34.9 Å². The molecule has 0 aromatic rings. The molecular formula is C40H75NO3. The van der Waals surface area contributed by atoms with Gasteiger partial charge in [-0.05, 0) is 44.9 Å². The zero-order valence-electron chi connectivity index (χ0n) is 29.4. The Morgan fingerprint density at radius 2 is 0.909 bits per heavy atom. The van der Waals surface area contributed by atoms with Gasteiger partial charge in [-0.3, -0.25) is 4.79 Å². The highest BCUT2D eigenvalue weighted by Crippen LogP contribution is 2.14. The minimum Gasteiger partial charge on any atom is -0.394 e. The number of aliphatic hydroxyl groups excluding tert-OH is 2. The summed E-state index contributed by atoms with van der Waals surface area (Å²) in [7, 11) is 0. The molecule has 4 heteroatoms. The van der Waals surface area contributed by atoms with Crippen LogP contribution in [0.3, 0.4) is 0 Å². The van der Waals surface area contributed by atoms with Crippen LogP contribution in [-0.2, 0) is 4.79 Å². The average molecular weight is 618 g/mol. The van der Waals surface area contributed by atoms with Crippen molar-refractivity contribution in [2.45, 2.75) is 206 Å². The Labute approximate surface area is 274 Å². The highest BCUT2D eigenvalue weighted by Gasteiger charge is 2.17. The number of amides is 1. The lowest BCUT2D eigenvalue weighted by molar-refractivity contribution is -0.123. The summed E-state index contributed by atoms with van der Waals surface area (Å²) < 4.78 is 0. The van der Waals surface area contributed by atoms with Crippen LogP contribution in [0.15, 0.2) is 36.5 Å². The van der Waals surface area contributed by atoms with E-state index in [0.29, 0.717) is 6.42 Å². The largest absolute Gasteiger partial charge is 0.394 e. The van der Waals surface area contributed by atoms with Crippen molar-refractivity contribution in [3.05, 3.63) is 36.5 Å². The van der Waals surface area contributed by atoms with Crippen LogP contribution in [0.5, 0.6) is 0 Å². The molecule has 1 amide bonds. The van der Waals surface area contributed by atoms with E-state index in [-0.39, 0.29) is 12.5 Å². The van der Waals surface area contributed by atoms with Crippen molar-refractivity contribution in [1.29, 1.82) is 0 Å². The summed E-state index contributed by atoms with van der Waals surface area (Å²) in [5.74, 6) is -0.0770. The molecule has 0 aliphatic carbocycles. The molecule has 0 spiro atoms. The van der Waals surface area contributed by atoms with Gasteiger partial charge in [0.15, 0.2) is 0 Å². The van der Waals surface area contributed by atoms with Gasteiger partial charge in [-0.1, -0.05) is 179 Å². The van der Waals surface area contributed by atoms with Gasteiger partial charge in [-0.25, -0.2) is 0 Å². The van der Waals surface area contributed by atoms with Crippen molar-refractivity contribution in [2.75, 3.05) is 6.61 Å². The monoisotopic (exact) mass is 618 g/mol. The van der Waals surface area contributed by atoms with E-state index >= 15 is 0 Å². The average Bonchev–Trinajstić information content (AvgIpc) is 3.03. The van der Waals surface area contributed by atoms with E-state index in [1.807, 2.05) is 6.08 Å². The number of rotatable bonds is 34. The molecule has 0 radical (unpaired) electrons. The van der Waals surface area contributed by atoms with Crippen LogP contribution in [0, 0.1) is 0 Å². The molecule has 0 aromatic carbocycles. The molecule has 0 aromatic heterocycles. The fraction of sp³-hybridized carbons (Fsp3) is 0.825. The predicted octanol–water partition coefficient (Wildman–Crippen LogP) is 11.5. The van der Waals surface area contributed by atoms with Crippen molar-refractivity contribution in [3.63, 3.8) is 0 Å². The Morgan fingerprint density at radius 3 is 1.36 bits per heavy atom. The third kappa shape index (κ3) is 32.0. The summed E-state index contributed by atoms with van der Waals surface area (Å²) in [6.07, 6.45) is 46.5. The zero-order valence-corrected chi connectivity index (χ0v) is 29.4. The number of hydrogen-bond donors (Lipinski definition) is 3. The molecule has 0 bridgehead atoms. The Kier molecular flexibility index (Phi) is 34.9. The first-order valence-electron chi connectivity index (χ1n) is 19.2. The van der Waals surface area contributed by atoms with E-state index in [4.69, 9.17) is 0 Å². The molecule has 4 nitrogen and oxygen atoms in total. The smallest absolute Gasteiger partial charge is 0.220 e. The lowest BCUT2D eigenvalue weighted by Gasteiger charge is -2.20. The Hall–Kier alpha value is -1.39. The second-order valence-electron chi connectivity index (χ2n) is 13.0. The molecule has 258 valence electrons. The second kappa shape index (κ2) is 36.1. The Balaban J connectivity index is 3.64. The molecule has 0 fully saturated rings. The van der Waals surface area contributed by atoms with E-state index < -0.39 is 12.1 Å². The first kappa shape index (κ1) is 42.6. The molecule has 0 aliphatic heterocycles. The van der Waals surface area contributed by atoms with Gasteiger partial charge in [0.1, 0.15) is 0 Å². The minimum absolute atomic E-state index is 0.0770. The van der Waals surface area contributed by atoms with Crippen LogP contribution < -0.4 is 5.32 Å². The predicted molar refractivity (Wildman–Crippen MR) is 193 cm³/mol. The maximum absolute atomic E-state index is 12.3. The maximum atomic E-state index is 12.3. The Morgan fingerprint density at radius 1 is 0.545 bits per heavy atom. The van der Waals surface area contributed by atoms with Crippen molar-refractivity contribution >= 4 is 5.91 Å². The van der Waals surface area contributed by atoms with Crippen molar-refractivity contribution in [1.82, 2.24) is 5.32 Å². The molecule has 0 heterocycles. The van der Waals surface area contributed by atoms with Crippen molar-refractivity contribution in [3.8, 4) is 0 Å². The molecule has 2 atom stereocenters. The van der Waals surface area contributed by atoms with Crippen molar-refractivity contribution in [2.24, 2.45) is 0 Å². The van der Waals surface area contributed by atoms with Gasteiger partial charge in [-0.2, -0.15) is 0 Å². The molecule has 44 heavy (non-hydrogen) atoms. The van der Waals surface area contributed by atoms with Gasteiger partial charge >= 0.3 is 0 Å². The molecule has 0 rings (SSSR count). The summed E-state index contributed by atoms with van der Waals surface area (Å²) in [5.41, 5.74) is 0. The third-order valence-electron chi connectivity index (χ3n) is 8.65. The molecule has 0 aliphatic rings. The molecule has 0 saturated heterocycles. The van der Waals surface area contributed by atoms with Gasteiger partial charge < -0.3 is 15.5 Å². The molecule has 3 N–H and O–H groups in total. The number of nitrogens with one attached hydrogen (secondary N) is 1. The van der Waals surface area contributed by atoms with Gasteiger partial charge in [0, 0.05) is 6.42 Å². The Bertz CT molecular complexity index is 672. The fourth-order valence-corrected chi connectivity index (χ4v) is 5.64. The van der Waals surface area contributed by atoms with Crippen LogP contribution >= 0.6 is 0 Å². The van der Waals surface area contributed by atoms with Crippen LogP contribution in [0.2, 0.25) is 0 Å². The van der Waals surface area contributed by atoms with Gasteiger partial charge in [0.05, 0.1) is 18.8 Å². The van der Waals surface area contributed by atoms with E-state index in [1.165, 1.54) is 135 Å². The van der Waals surface area contributed by atoms with Crippen molar-refractivity contribution < 1.29 is 15.0 Å². The molecule has 2 unspecified atom stereocenters. The second-order valence-corrected chi connectivity index (χ2v) is 13.0. The normalized spacial score (nSPS) is 13.5. The van der Waals surface area contributed by atoms with E-state index in [0.717, 1.165) is 38.5 Å². The maximum Gasteiger partial charge on any atom is 0.220 e. The summed E-state index contributed by atoms with van der Waals surface area (Å²) >= 11 is 0. The van der Waals surface area contributed by atoms with Crippen LogP contribution in [0.1, 0.15) is 194 Å². The topological polar surface area (TPSA) is 69.6 Å². The van der Waals surface area contributed by atoms with Gasteiger partial charge in [-0.15, -0.1) is 0 Å². The summed E-state index contributed by atoms with van der Waals surface area (Å²) in [5, 5.41) is 22.9. The number of hydrogen-bond acceptors (Lipinski definition) is 3. The number of carbonyl (C=O) groups is 1. The fourth-order valence-electron chi connectivity index (χ4n) is 5.64. The van der Waals surface area contributed by atoms with E-state index in [1.54, 1.807) is 6.08 Å². The number of unbranched alkanes of at least 4 members (excludes halogenated alkanes) is 24. The van der Waals surface area contributed by atoms with Crippen LogP contribution in [0.25, 0.3) is 0 Å². The summed E-state index contributed by atoms with van der Waals surface area (Å²) in [6.45, 7) is 4.27. The van der Waals surface area contributed by atoms with Gasteiger partial charge in [0.2, 0.25) is 5.91 Å². The highest BCUT2D eigenvalue weighted by atomic mass is 16.3. The molecular weight excluding hydrogens is 542 g/mol. The lowest BCUT2D eigenvalue weighted by atomic mass is 10.0. The van der Waals surface area contributed by atoms with E-state index in [2.05, 4.69) is 43.5 Å². The molecule has 0 saturated carbocycles. The minimum atomic E-state index is -0.842. The zero-order chi connectivity index (χ0) is 32.2. The number of aliphatic hydroxyl groups is 2. The quantitative estimate of drug-likeness (QED) is 0.0382.